The van der Waals surface area contributed by atoms with Crippen LogP contribution in [0.2, 0.25) is 0 Å². The highest BCUT2D eigenvalue weighted by molar-refractivity contribution is 7.89. The Labute approximate surface area is 150 Å². The Balaban J connectivity index is 2.57. The molecule has 0 saturated heterocycles. The van der Waals surface area contributed by atoms with Crippen molar-refractivity contribution in [3.05, 3.63) is 52.0 Å². The van der Waals surface area contributed by atoms with Gasteiger partial charge in [0.15, 0.2) is 0 Å². The summed E-state index contributed by atoms with van der Waals surface area (Å²) in [7, 11) is -2.09. The monoisotopic (exact) mass is 365 g/mol. The lowest BCUT2D eigenvalue weighted by molar-refractivity contribution is 0.177. The lowest BCUT2D eigenvalue weighted by Crippen LogP contribution is -2.34. The highest BCUT2D eigenvalue weighted by Crippen LogP contribution is 2.32. The standard InChI is InChI=1S/C19H27NO4S/c1-13-14(2)16(4)19(17(5)15(13)3)25(21,22)20(8-10-23-6)11-18-7-9-24-12-18/h7,9,12H,8,10-11H2,1-6H3. The third-order valence-electron chi connectivity index (χ3n) is 5.01. The highest BCUT2D eigenvalue weighted by Gasteiger charge is 2.30. The third-order valence-corrected chi connectivity index (χ3v) is 7.13. The van der Waals surface area contributed by atoms with E-state index in [1.807, 2.05) is 34.6 Å². The van der Waals surface area contributed by atoms with Crippen molar-refractivity contribution in [2.45, 2.75) is 46.1 Å². The normalized spacial score (nSPS) is 12.1. The van der Waals surface area contributed by atoms with Gasteiger partial charge in [0.1, 0.15) is 0 Å². The van der Waals surface area contributed by atoms with Crippen LogP contribution in [-0.2, 0) is 21.3 Å². The summed E-state index contributed by atoms with van der Waals surface area (Å²) in [6.07, 6.45) is 3.12. The molecule has 0 atom stereocenters. The lowest BCUT2D eigenvalue weighted by atomic mass is 9.95. The van der Waals surface area contributed by atoms with Gasteiger partial charge >= 0.3 is 0 Å². The van der Waals surface area contributed by atoms with Crippen molar-refractivity contribution in [3.8, 4) is 0 Å². The fourth-order valence-corrected chi connectivity index (χ4v) is 5.02. The number of rotatable bonds is 7. The van der Waals surface area contributed by atoms with Gasteiger partial charge in [-0.3, -0.25) is 0 Å². The molecule has 0 unspecified atom stereocenters. The summed E-state index contributed by atoms with van der Waals surface area (Å²) in [4.78, 5) is 0.410. The molecule has 0 radical (unpaired) electrons. The zero-order chi connectivity index (χ0) is 18.8. The molecule has 5 nitrogen and oxygen atoms in total. The van der Waals surface area contributed by atoms with Crippen molar-refractivity contribution in [1.82, 2.24) is 4.31 Å². The maximum absolute atomic E-state index is 13.5. The molecule has 0 fully saturated rings. The summed E-state index contributed by atoms with van der Waals surface area (Å²) in [5.41, 5.74) is 5.64. The number of benzene rings is 1. The van der Waals surface area contributed by atoms with Crippen LogP contribution in [0.3, 0.4) is 0 Å². The molecule has 0 bridgehead atoms. The molecule has 0 aliphatic carbocycles. The van der Waals surface area contributed by atoms with Crippen LogP contribution in [0.25, 0.3) is 0 Å². The second-order valence-corrected chi connectivity index (χ2v) is 8.29. The number of hydrogen-bond acceptors (Lipinski definition) is 4. The van der Waals surface area contributed by atoms with Gasteiger partial charge in [-0.2, -0.15) is 4.31 Å². The summed E-state index contributed by atoms with van der Waals surface area (Å²) < 4.78 is 38.6. The third kappa shape index (κ3) is 3.81. The SMILES string of the molecule is COCCN(Cc1ccoc1)S(=O)(=O)c1c(C)c(C)c(C)c(C)c1C. The molecule has 0 spiro atoms. The summed E-state index contributed by atoms with van der Waals surface area (Å²) in [6.45, 7) is 10.6. The molecule has 138 valence electrons. The molecule has 25 heavy (non-hydrogen) atoms. The summed E-state index contributed by atoms with van der Waals surface area (Å²) in [6, 6.07) is 1.78. The van der Waals surface area contributed by atoms with E-state index in [2.05, 4.69) is 0 Å². The van der Waals surface area contributed by atoms with Gasteiger partial charge in [-0.05, 0) is 68.5 Å². The fourth-order valence-electron chi connectivity index (χ4n) is 3.05. The molecule has 0 saturated carbocycles. The van der Waals surface area contributed by atoms with E-state index in [4.69, 9.17) is 9.15 Å². The lowest BCUT2D eigenvalue weighted by Gasteiger charge is -2.26. The maximum atomic E-state index is 13.5. The minimum absolute atomic E-state index is 0.257. The molecule has 2 aromatic rings. The number of methoxy groups -OCH3 is 1. The Morgan fingerprint density at radius 2 is 1.56 bits per heavy atom. The number of hydrogen-bond donors (Lipinski definition) is 0. The largest absolute Gasteiger partial charge is 0.472 e. The van der Waals surface area contributed by atoms with Gasteiger partial charge in [0.25, 0.3) is 0 Å². The number of sulfonamides is 1. The van der Waals surface area contributed by atoms with Gasteiger partial charge in [-0.25, -0.2) is 8.42 Å². The van der Waals surface area contributed by atoms with E-state index in [0.29, 0.717) is 11.5 Å². The topological polar surface area (TPSA) is 59.8 Å². The van der Waals surface area contributed by atoms with Crippen molar-refractivity contribution in [2.24, 2.45) is 0 Å². The van der Waals surface area contributed by atoms with E-state index in [0.717, 1.165) is 33.4 Å². The van der Waals surface area contributed by atoms with Crippen LogP contribution in [0, 0.1) is 34.6 Å². The van der Waals surface area contributed by atoms with Gasteiger partial charge in [0.05, 0.1) is 24.0 Å². The van der Waals surface area contributed by atoms with Crippen molar-refractivity contribution in [1.29, 1.82) is 0 Å². The maximum Gasteiger partial charge on any atom is 0.244 e. The van der Waals surface area contributed by atoms with E-state index >= 15 is 0 Å². The molecule has 1 aromatic carbocycles. The average molecular weight is 365 g/mol. The molecule has 0 amide bonds. The summed E-state index contributed by atoms with van der Waals surface area (Å²) in [5, 5.41) is 0. The van der Waals surface area contributed by atoms with Gasteiger partial charge in [-0.15, -0.1) is 0 Å². The van der Waals surface area contributed by atoms with Crippen molar-refractivity contribution < 1.29 is 17.6 Å². The number of ether oxygens (including phenoxy) is 1. The van der Waals surface area contributed by atoms with Crippen LogP contribution < -0.4 is 0 Å². The van der Waals surface area contributed by atoms with E-state index in [-0.39, 0.29) is 13.1 Å². The van der Waals surface area contributed by atoms with Crippen molar-refractivity contribution >= 4 is 10.0 Å². The molecular weight excluding hydrogens is 338 g/mol. The molecule has 2 rings (SSSR count). The van der Waals surface area contributed by atoms with Crippen molar-refractivity contribution in [2.75, 3.05) is 20.3 Å². The zero-order valence-corrected chi connectivity index (χ0v) is 16.7. The first-order valence-corrected chi connectivity index (χ1v) is 9.73. The molecular formula is C19H27NO4S. The minimum Gasteiger partial charge on any atom is -0.472 e. The second kappa shape index (κ2) is 7.72. The molecule has 6 heteroatoms. The van der Waals surface area contributed by atoms with E-state index in [1.54, 1.807) is 25.7 Å². The molecule has 1 aromatic heterocycles. The van der Waals surface area contributed by atoms with Crippen LogP contribution in [-0.4, -0.2) is 33.0 Å². The Morgan fingerprint density at radius 1 is 1.00 bits per heavy atom. The second-order valence-electron chi connectivity index (χ2n) is 6.42. The average Bonchev–Trinajstić information content (AvgIpc) is 3.08. The van der Waals surface area contributed by atoms with Gasteiger partial charge in [-0.1, -0.05) is 0 Å². The molecule has 0 aliphatic heterocycles. The van der Waals surface area contributed by atoms with Gasteiger partial charge in [0, 0.05) is 25.8 Å². The Bertz CT molecular complexity index is 810. The summed E-state index contributed by atoms with van der Waals surface area (Å²) >= 11 is 0. The Morgan fingerprint density at radius 3 is 2.04 bits per heavy atom. The fraction of sp³-hybridized carbons (Fsp3) is 0.474. The Kier molecular flexibility index (Phi) is 6.08. The quantitative estimate of drug-likeness (QED) is 0.751. The first-order chi connectivity index (χ1) is 11.7. The van der Waals surface area contributed by atoms with E-state index in [9.17, 15) is 8.42 Å². The van der Waals surface area contributed by atoms with Crippen LogP contribution in [0.4, 0.5) is 0 Å². The predicted octanol–water partition coefficient (Wildman–Crippen LogP) is 3.66. The van der Waals surface area contributed by atoms with Crippen LogP contribution in [0.5, 0.6) is 0 Å². The minimum atomic E-state index is -3.66. The Hall–Kier alpha value is -1.63. The number of nitrogens with zero attached hydrogens (tertiary/aromatic N) is 1. The smallest absolute Gasteiger partial charge is 0.244 e. The van der Waals surface area contributed by atoms with Crippen LogP contribution >= 0.6 is 0 Å². The summed E-state index contributed by atoms with van der Waals surface area (Å²) in [5.74, 6) is 0. The van der Waals surface area contributed by atoms with Crippen LogP contribution in [0.15, 0.2) is 27.9 Å². The highest BCUT2D eigenvalue weighted by atomic mass is 32.2. The van der Waals surface area contributed by atoms with Gasteiger partial charge < -0.3 is 9.15 Å². The molecule has 0 N–H and O–H groups in total. The molecule has 1 heterocycles. The first kappa shape index (κ1) is 19.7. The zero-order valence-electron chi connectivity index (χ0n) is 15.8. The first-order valence-electron chi connectivity index (χ1n) is 8.29. The van der Waals surface area contributed by atoms with Gasteiger partial charge in [0.2, 0.25) is 10.0 Å². The predicted molar refractivity (Wildman–Crippen MR) is 98.3 cm³/mol. The number of furan rings is 1. The van der Waals surface area contributed by atoms with E-state index in [1.165, 1.54) is 4.31 Å². The van der Waals surface area contributed by atoms with Crippen LogP contribution in [0.1, 0.15) is 33.4 Å². The molecule has 0 aliphatic rings. The van der Waals surface area contributed by atoms with E-state index < -0.39 is 10.0 Å². The van der Waals surface area contributed by atoms with Crippen molar-refractivity contribution in [3.63, 3.8) is 0 Å².